The smallest absolute Gasteiger partial charge is 0.234 e. The van der Waals surface area contributed by atoms with Crippen LogP contribution >= 0.6 is 23.4 Å². The van der Waals surface area contributed by atoms with E-state index in [0.29, 0.717) is 23.4 Å². The summed E-state index contributed by atoms with van der Waals surface area (Å²) in [5.74, 6) is -0.0791. The molecular formula is C24H27ClN2O3S. The summed E-state index contributed by atoms with van der Waals surface area (Å²) in [5.41, 5.74) is 1.48. The van der Waals surface area contributed by atoms with Crippen LogP contribution in [0.4, 0.5) is 5.69 Å². The quantitative estimate of drug-likeness (QED) is 0.646. The van der Waals surface area contributed by atoms with Gasteiger partial charge in [-0.2, -0.15) is 0 Å². The molecule has 0 heterocycles. The van der Waals surface area contributed by atoms with Crippen molar-refractivity contribution in [1.29, 1.82) is 0 Å². The fraction of sp³-hybridized carbons (Fsp3) is 0.375. The third-order valence-electron chi connectivity index (χ3n) is 5.71. The Labute approximate surface area is 192 Å². The van der Waals surface area contributed by atoms with E-state index in [2.05, 4.69) is 5.32 Å². The Morgan fingerprint density at radius 1 is 1.10 bits per heavy atom. The number of nitrogens with one attached hydrogen (secondary N) is 1. The molecule has 7 heteroatoms. The van der Waals surface area contributed by atoms with Crippen LogP contribution < -0.4 is 5.32 Å². The third kappa shape index (κ3) is 5.31. The van der Waals surface area contributed by atoms with Crippen LogP contribution in [0.15, 0.2) is 48.5 Å². The first-order valence-electron chi connectivity index (χ1n) is 10.3. The second-order valence-electron chi connectivity index (χ2n) is 7.83. The molecule has 1 aliphatic rings. The number of Topliss-reactive ketones (excluding diaryl/α,β-unsaturated/α-hetero) is 1. The van der Waals surface area contributed by atoms with Crippen LogP contribution in [0.5, 0.6) is 0 Å². The number of amides is 2. The van der Waals surface area contributed by atoms with E-state index in [-0.39, 0.29) is 29.1 Å². The number of thioether (sulfide) groups is 1. The fourth-order valence-corrected chi connectivity index (χ4v) is 5.02. The first-order valence-corrected chi connectivity index (χ1v) is 11.9. The number of hydrogen-bond donors (Lipinski definition) is 1. The Balaban J connectivity index is 1.65. The highest BCUT2D eigenvalue weighted by Crippen LogP contribution is 2.42. The lowest BCUT2D eigenvalue weighted by Gasteiger charge is -2.44. The van der Waals surface area contributed by atoms with Crippen molar-refractivity contribution in [2.45, 2.75) is 38.1 Å². The van der Waals surface area contributed by atoms with Gasteiger partial charge in [-0.05, 0) is 44.4 Å². The molecule has 0 bridgehead atoms. The van der Waals surface area contributed by atoms with Crippen LogP contribution in [-0.2, 0) is 19.9 Å². The number of benzene rings is 2. The van der Waals surface area contributed by atoms with E-state index in [9.17, 15) is 14.4 Å². The lowest BCUT2D eigenvalue weighted by atomic mass is 9.74. The summed E-state index contributed by atoms with van der Waals surface area (Å²) >= 11 is 7.68. The van der Waals surface area contributed by atoms with Crippen molar-refractivity contribution in [1.82, 2.24) is 4.90 Å². The van der Waals surface area contributed by atoms with E-state index in [4.69, 9.17) is 11.6 Å². The molecule has 0 saturated heterocycles. The molecule has 0 spiro atoms. The highest BCUT2D eigenvalue weighted by Gasteiger charge is 2.47. The Kier molecular flexibility index (Phi) is 7.79. The Morgan fingerprint density at radius 2 is 1.81 bits per heavy atom. The van der Waals surface area contributed by atoms with Crippen molar-refractivity contribution in [3.63, 3.8) is 0 Å². The van der Waals surface area contributed by atoms with Gasteiger partial charge >= 0.3 is 0 Å². The molecule has 5 nitrogen and oxygen atoms in total. The van der Waals surface area contributed by atoms with Crippen molar-refractivity contribution in [2.75, 3.05) is 23.9 Å². The summed E-state index contributed by atoms with van der Waals surface area (Å²) in [6, 6.07) is 14.8. The van der Waals surface area contributed by atoms with Gasteiger partial charge in [-0.15, -0.1) is 11.8 Å². The van der Waals surface area contributed by atoms with Gasteiger partial charge in [0.25, 0.3) is 0 Å². The topological polar surface area (TPSA) is 66.5 Å². The van der Waals surface area contributed by atoms with E-state index in [1.54, 1.807) is 18.0 Å². The zero-order valence-electron chi connectivity index (χ0n) is 17.8. The monoisotopic (exact) mass is 458 g/mol. The number of likely N-dealkylation sites (N-methyl/N-ethyl adjacent to an activating group) is 1. The van der Waals surface area contributed by atoms with Gasteiger partial charge in [0.15, 0.2) is 5.78 Å². The first-order chi connectivity index (χ1) is 14.8. The zero-order valence-corrected chi connectivity index (χ0v) is 19.4. The molecule has 0 aromatic heterocycles. The van der Waals surface area contributed by atoms with Crippen molar-refractivity contribution in [3.05, 3.63) is 64.7 Å². The molecule has 1 unspecified atom stereocenters. The number of carbonyl (C=O) groups excluding carboxylic acids is 3. The van der Waals surface area contributed by atoms with Gasteiger partial charge in [-0.1, -0.05) is 47.5 Å². The van der Waals surface area contributed by atoms with Gasteiger partial charge < -0.3 is 10.2 Å². The molecule has 3 rings (SSSR count). The summed E-state index contributed by atoms with van der Waals surface area (Å²) in [5, 5.41) is 3.32. The minimum Gasteiger partial charge on any atom is -0.328 e. The van der Waals surface area contributed by atoms with E-state index >= 15 is 0 Å². The van der Waals surface area contributed by atoms with Crippen LogP contribution in [-0.4, -0.2) is 41.1 Å². The van der Waals surface area contributed by atoms with Gasteiger partial charge in [-0.3, -0.25) is 14.4 Å². The van der Waals surface area contributed by atoms with Crippen LogP contribution in [0, 0.1) is 6.92 Å². The molecule has 0 aliphatic heterocycles. The zero-order chi connectivity index (χ0) is 22.4. The minimum atomic E-state index is -1.04. The molecular weight excluding hydrogens is 432 g/mol. The number of rotatable bonds is 7. The Hall–Kier alpha value is -2.31. The molecule has 1 N–H and O–H groups in total. The standard InChI is InChI=1S/C24H27ClN2O3S/c1-17-10-12-18(13-11-17)26-22(29)15-31-16-23(30)27(2)24(14-6-5-9-21(24)28)19-7-3-4-8-20(19)25/h3-4,7-8,10-13H,5-6,9,14-16H2,1-2H3,(H,26,29). The number of halogens is 1. The van der Waals surface area contributed by atoms with E-state index < -0.39 is 5.54 Å². The Morgan fingerprint density at radius 3 is 2.48 bits per heavy atom. The van der Waals surface area contributed by atoms with Gasteiger partial charge in [-0.25, -0.2) is 0 Å². The van der Waals surface area contributed by atoms with Crippen molar-refractivity contribution in [3.8, 4) is 0 Å². The summed E-state index contributed by atoms with van der Waals surface area (Å²) in [4.78, 5) is 39.9. The van der Waals surface area contributed by atoms with Crippen molar-refractivity contribution < 1.29 is 14.4 Å². The number of nitrogens with zero attached hydrogens (tertiary/aromatic N) is 1. The van der Waals surface area contributed by atoms with E-state index in [1.807, 2.05) is 49.4 Å². The molecule has 0 radical (unpaired) electrons. The molecule has 31 heavy (non-hydrogen) atoms. The van der Waals surface area contributed by atoms with Gasteiger partial charge in [0.2, 0.25) is 11.8 Å². The van der Waals surface area contributed by atoms with Crippen LogP contribution in [0.25, 0.3) is 0 Å². The average Bonchev–Trinajstić information content (AvgIpc) is 2.76. The molecule has 2 aromatic rings. The number of ketones is 1. The highest BCUT2D eigenvalue weighted by molar-refractivity contribution is 8.00. The number of aryl methyl sites for hydroxylation is 1. The summed E-state index contributed by atoms with van der Waals surface area (Å²) in [7, 11) is 1.67. The second-order valence-corrected chi connectivity index (χ2v) is 9.22. The molecule has 164 valence electrons. The molecule has 2 aromatic carbocycles. The largest absolute Gasteiger partial charge is 0.328 e. The lowest BCUT2D eigenvalue weighted by Crippen LogP contribution is -2.54. The molecule has 1 aliphatic carbocycles. The van der Waals surface area contributed by atoms with Crippen LogP contribution in [0.2, 0.25) is 5.02 Å². The molecule has 1 atom stereocenters. The maximum atomic E-state index is 13.1. The SMILES string of the molecule is Cc1ccc(NC(=O)CSCC(=O)N(C)C2(c3ccccc3Cl)CCCCC2=O)cc1. The maximum absolute atomic E-state index is 13.1. The van der Waals surface area contributed by atoms with E-state index in [1.165, 1.54) is 11.8 Å². The van der Waals surface area contributed by atoms with Crippen molar-refractivity contribution in [2.24, 2.45) is 0 Å². The maximum Gasteiger partial charge on any atom is 0.234 e. The molecule has 2 amide bonds. The summed E-state index contributed by atoms with van der Waals surface area (Å²) in [6.07, 6.45) is 2.65. The lowest BCUT2D eigenvalue weighted by molar-refractivity contribution is -0.146. The van der Waals surface area contributed by atoms with Crippen molar-refractivity contribution >= 4 is 46.6 Å². The Bertz CT molecular complexity index is 964. The number of hydrogen-bond acceptors (Lipinski definition) is 4. The fourth-order valence-electron chi connectivity index (χ4n) is 4.00. The number of anilines is 1. The molecule has 1 saturated carbocycles. The van der Waals surface area contributed by atoms with Gasteiger partial charge in [0, 0.05) is 29.7 Å². The highest BCUT2D eigenvalue weighted by atomic mass is 35.5. The van der Waals surface area contributed by atoms with E-state index in [0.717, 1.165) is 24.1 Å². The predicted octanol–water partition coefficient (Wildman–Crippen LogP) is 4.82. The second kappa shape index (κ2) is 10.3. The van der Waals surface area contributed by atoms with Crippen LogP contribution in [0.1, 0.15) is 36.8 Å². The van der Waals surface area contributed by atoms with Crippen LogP contribution in [0.3, 0.4) is 0 Å². The summed E-state index contributed by atoms with van der Waals surface area (Å²) < 4.78 is 0. The average molecular weight is 459 g/mol. The third-order valence-corrected chi connectivity index (χ3v) is 6.96. The first kappa shape index (κ1) is 23.4. The predicted molar refractivity (Wildman–Crippen MR) is 127 cm³/mol. The minimum absolute atomic E-state index is 0.0183. The summed E-state index contributed by atoms with van der Waals surface area (Å²) in [6.45, 7) is 1.98. The number of carbonyl (C=O) groups is 3. The normalized spacial score (nSPS) is 18.5. The molecule has 1 fully saturated rings. The van der Waals surface area contributed by atoms with Gasteiger partial charge in [0.05, 0.1) is 11.5 Å². The van der Waals surface area contributed by atoms with Gasteiger partial charge in [0.1, 0.15) is 5.54 Å².